The molecule has 0 spiro atoms. The second-order valence-electron chi connectivity index (χ2n) is 14.0. The van der Waals surface area contributed by atoms with Crippen molar-refractivity contribution in [3.63, 3.8) is 0 Å². The zero-order valence-corrected chi connectivity index (χ0v) is 25.9. The van der Waals surface area contributed by atoms with Crippen molar-refractivity contribution < 1.29 is 0 Å². The van der Waals surface area contributed by atoms with Crippen LogP contribution < -0.4 is 32.8 Å². The molecule has 0 saturated heterocycles. The van der Waals surface area contributed by atoms with E-state index in [4.69, 9.17) is 0 Å². The normalized spacial score (nSPS) is 13.8. The Labute approximate surface area is 276 Å². The van der Waals surface area contributed by atoms with Crippen molar-refractivity contribution in [1.82, 2.24) is 8.97 Å². The first kappa shape index (κ1) is 24.2. The van der Waals surface area contributed by atoms with Gasteiger partial charge in [-0.15, -0.1) is 0 Å². The second kappa shape index (κ2) is 8.10. The summed E-state index contributed by atoms with van der Waals surface area (Å²) in [6.07, 6.45) is 0. The fourth-order valence-electron chi connectivity index (χ4n) is 10.2. The van der Waals surface area contributed by atoms with Crippen molar-refractivity contribution in [2.24, 2.45) is 0 Å². The van der Waals surface area contributed by atoms with Crippen LogP contribution in [0.4, 0.5) is 0 Å². The molecule has 2 aliphatic rings. The van der Waals surface area contributed by atoms with E-state index in [-0.39, 0.29) is 13.4 Å². The smallest absolute Gasteiger partial charge is 0.246 e. The fraction of sp³-hybridized carbons (Fsp3) is 0. The third kappa shape index (κ3) is 2.57. The topological polar surface area (TPSA) is 9.34 Å². The summed E-state index contributed by atoms with van der Waals surface area (Å²) in [5, 5.41) is 10.7. The Kier molecular flexibility index (Phi) is 4.09. The van der Waals surface area contributed by atoms with Gasteiger partial charge in [-0.25, -0.2) is 0 Å². The van der Waals surface area contributed by atoms with Crippen molar-refractivity contribution >= 4 is 117 Å². The molecule has 2 aliphatic heterocycles. The zero-order valence-electron chi connectivity index (χ0n) is 25.9. The number of benzene rings is 8. The van der Waals surface area contributed by atoms with E-state index in [1.165, 1.54) is 109 Å². The minimum Gasteiger partial charge on any atom is -0.308 e. The van der Waals surface area contributed by atoms with Gasteiger partial charge in [0, 0.05) is 27.2 Å². The third-order valence-corrected chi connectivity index (χ3v) is 11.9. The molecule has 13 rings (SSSR count). The molecule has 4 heteroatoms. The minimum absolute atomic E-state index is 0.119. The van der Waals surface area contributed by atoms with Gasteiger partial charge in [0.05, 0.1) is 27.6 Å². The molecule has 2 nitrogen and oxygen atoms in total. The van der Waals surface area contributed by atoms with Crippen LogP contribution in [0.3, 0.4) is 0 Å². The van der Waals surface area contributed by atoms with Crippen molar-refractivity contribution in [3.8, 4) is 5.69 Å². The largest absolute Gasteiger partial charge is 0.308 e. The van der Waals surface area contributed by atoms with Crippen molar-refractivity contribution in [2.45, 2.75) is 0 Å². The molecular weight excluding hydrogens is 578 g/mol. The highest BCUT2D eigenvalue weighted by atomic mass is 15.1. The maximum atomic E-state index is 2.71. The van der Waals surface area contributed by atoms with Crippen LogP contribution in [0.25, 0.3) is 76.4 Å². The lowest BCUT2D eigenvalue weighted by Crippen LogP contribution is -2.63. The first-order chi connectivity index (χ1) is 23.9. The van der Waals surface area contributed by atoms with Gasteiger partial charge >= 0.3 is 0 Å². The standard InChI is InChI=1S/C44H24B2N2/c1-3-13-27(14-4-1)45-33-21-10-22-34-40(33)48-41-35(45)23-25-11-7-17-29-31-19-9-20-32-30-18-8-12-26-24-36(46(34)28-15-5-2-6-16-28)42(48)44(38(26)30)47(39(31)32)43(41)37(25)29/h1-24H. The Morgan fingerprint density at radius 3 is 1.33 bits per heavy atom. The number of hydrogen-bond donors (Lipinski definition) is 0. The lowest BCUT2D eigenvalue weighted by molar-refractivity contribution is 1.15. The molecule has 8 aromatic carbocycles. The number of nitrogens with zero attached hydrogens (tertiary/aromatic N) is 2. The Bertz CT molecular complexity index is 2970. The summed E-state index contributed by atoms with van der Waals surface area (Å²) in [7, 11) is 0. The highest BCUT2D eigenvalue weighted by Gasteiger charge is 2.42. The number of hydrogen-bond acceptors (Lipinski definition) is 0. The average Bonchev–Trinajstić information content (AvgIpc) is 3.15. The van der Waals surface area contributed by atoms with E-state index in [1.54, 1.807) is 0 Å². The average molecular weight is 602 g/mol. The van der Waals surface area contributed by atoms with Crippen LogP contribution >= 0.6 is 0 Å². The van der Waals surface area contributed by atoms with Crippen LogP contribution in [0.15, 0.2) is 146 Å². The third-order valence-electron chi connectivity index (χ3n) is 11.9. The predicted octanol–water partition coefficient (Wildman–Crippen LogP) is 6.18. The molecule has 48 heavy (non-hydrogen) atoms. The molecule has 5 heterocycles. The molecular formula is C44H24B2N2. The van der Waals surface area contributed by atoms with E-state index in [2.05, 4.69) is 155 Å². The number of fused-ring (bicyclic) bond motifs is 2. The molecule has 216 valence electrons. The summed E-state index contributed by atoms with van der Waals surface area (Å²) in [4.78, 5) is 0. The first-order valence-electron chi connectivity index (χ1n) is 17.0. The van der Waals surface area contributed by atoms with Crippen LogP contribution in [0.1, 0.15) is 0 Å². The summed E-state index contributed by atoms with van der Waals surface area (Å²) in [6, 6.07) is 55.3. The van der Waals surface area contributed by atoms with Gasteiger partial charge in [0.25, 0.3) is 0 Å². The number of pyridine rings is 2. The molecule has 0 fully saturated rings. The van der Waals surface area contributed by atoms with E-state index >= 15 is 0 Å². The van der Waals surface area contributed by atoms with Gasteiger partial charge in [0.2, 0.25) is 13.4 Å². The Morgan fingerprint density at radius 1 is 0.354 bits per heavy atom. The molecule has 0 radical (unpaired) electrons. The summed E-state index contributed by atoms with van der Waals surface area (Å²) in [6.45, 7) is 0.238. The van der Waals surface area contributed by atoms with Crippen LogP contribution in [0, 0.1) is 0 Å². The molecule has 0 atom stereocenters. The van der Waals surface area contributed by atoms with Crippen LogP contribution in [0.5, 0.6) is 0 Å². The Hall–Kier alpha value is -5.99. The van der Waals surface area contributed by atoms with Gasteiger partial charge in [-0.3, -0.25) is 0 Å². The summed E-state index contributed by atoms with van der Waals surface area (Å²) < 4.78 is 5.41. The molecule has 0 bridgehead atoms. The lowest BCUT2D eigenvalue weighted by atomic mass is 9.31. The molecule has 3 aromatic heterocycles. The lowest BCUT2D eigenvalue weighted by Gasteiger charge is -2.39. The van der Waals surface area contributed by atoms with E-state index in [0.29, 0.717) is 0 Å². The summed E-state index contributed by atoms with van der Waals surface area (Å²) in [5.74, 6) is 0. The van der Waals surface area contributed by atoms with Gasteiger partial charge in [-0.2, -0.15) is 0 Å². The maximum Gasteiger partial charge on any atom is 0.246 e. The fourth-order valence-corrected chi connectivity index (χ4v) is 10.2. The molecule has 11 aromatic rings. The SMILES string of the molecule is c1ccc(B2c3cccc4c3-n3c5c2cc2cccc6c7cccc8c9cccc%10cc(c3c(c%109)n(c78)c5c26)B4c2ccccc2)cc1. The zero-order chi connectivity index (χ0) is 30.8. The number of aromatic nitrogens is 2. The highest BCUT2D eigenvalue weighted by molar-refractivity contribution is 7.02. The molecule has 0 N–H and O–H groups in total. The monoisotopic (exact) mass is 602 g/mol. The van der Waals surface area contributed by atoms with Crippen molar-refractivity contribution in [3.05, 3.63) is 146 Å². The maximum absolute atomic E-state index is 2.71. The van der Waals surface area contributed by atoms with E-state index in [1.807, 2.05) is 0 Å². The van der Waals surface area contributed by atoms with E-state index < -0.39 is 0 Å². The molecule has 0 saturated carbocycles. The van der Waals surface area contributed by atoms with Gasteiger partial charge < -0.3 is 8.97 Å². The van der Waals surface area contributed by atoms with Gasteiger partial charge in [-0.05, 0) is 43.4 Å². The number of rotatable bonds is 2. The predicted molar refractivity (Wildman–Crippen MR) is 206 cm³/mol. The van der Waals surface area contributed by atoms with E-state index in [9.17, 15) is 0 Å². The molecule has 0 aliphatic carbocycles. The van der Waals surface area contributed by atoms with E-state index in [0.717, 1.165) is 0 Å². The van der Waals surface area contributed by atoms with Gasteiger partial charge in [0.1, 0.15) is 0 Å². The minimum atomic E-state index is 0.119. The van der Waals surface area contributed by atoms with Gasteiger partial charge in [-0.1, -0.05) is 157 Å². The van der Waals surface area contributed by atoms with Crippen LogP contribution in [-0.4, -0.2) is 22.4 Å². The Morgan fingerprint density at radius 2 is 0.812 bits per heavy atom. The van der Waals surface area contributed by atoms with Crippen LogP contribution in [0.2, 0.25) is 0 Å². The first-order valence-corrected chi connectivity index (χ1v) is 17.0. The highest BCUT2D eigenvalue weighted by Crippen LogP contribution is 2.46. The quantitative estimate of drug-likeness (QED) is 0.127. The van der Waals surface area contributed by atoms with Crippen molar-refractivity contribution in [1.29, 1.82) is 0 Å². The van der Waals surface area contributed by atoms with Gasteiger partial charge in [0.15, 0.2) is 0 Å². The van der Waals surface area contributed by atoms with Crippen molar-refractivity contribution in [2.75, 3.05) is 0 Å². The summed E-state index contributed by atoms with van der Waals surface area (Å²) >= 11 is 0. The molecule has 0 amide bonds. The summed E-state index contributed by atoms with van der Waals surface area (Å²) in [5.41, 5.74) is 16.3. The second-order valence-corrected chi connectivity index (χ2v) is 14.0. The van der Waals surface area contributed by atoms with Crippen LogP contribution in [-0.2, 0) is 0 Å². The number of para-hydroxylation sites is 2. The Balaban J connectivity index is 1.42. The molecule has 0 unspecified atom stereocenters.